The number of nitrogens with one attached hydrogen (secondary N) is 1. The van der Waals surface area contributed by atoms with Crippen LogP contribution in [0.2, 0.25) is 0 Å². The van der Waals surface area contributed by atoms with E-state index in [1.165, 1.54) is 11.3 Å². The van der Waals surface area contributed by atoms with E-state index < -0.39 is 0 Å². The third-order valence-electron chi connectivity index (χ3n) is 2.76. The number of carbonyl (C=O) groups is 1. The first-order chi connectivity index (χ1) is 10.3. The number of para-hydroxylation sites is 2. The lowest BCUT2D eigenvalue weighted by Crippen LogP contribution is -2.12. The molecule has 0 radical (unpaired) electrons. The number of nitrogens with zero attached hydrogens (tertiary/aromatic N) is 1. The van der Waals surface area contributed by atoms with Crippen LogP contribution in [-0.2, 0) is 0 Å². The van der Waals surface area contributed by atoms with Crippen molar-refractivity contribution in [2.45, 2.75) is 0 Å². The van der Waals surface area contributed by atoms with E-state index in [-0.39, 0.29) is 5.91 Å². The zero-order valence-corrected chi connectivity index (χ0v) is 11.8. The second-order valence-corrected chi connectivity index (χ2v) is 5.10. The second kappa shape index (κ2) is 6.19. The highest BCUT2D eigenvalue weighted by Crippen LogP contribution is 2.26. The number of aromatic nitrogens is 1. The molecule has 4 nitrogen and oxygen atoms in total. The fraction of sp³-hybridized carbons (Fsp3) is 0. The van der Waals surface area contributed by atoms with Gasteiger partial charge in [0.15, 0.2) is 5.13 Å². The summed E-state index contributed by atoms with van der Waals surface area (Å²) < 4.78 is 5.77. The molecule has 1 aromatic heterocycles. The largest absolute Gasteiger partial charge is 0.457 e. The van der Waals surface area contributed by atoms with Gasteiger partial charge >= 0.3 is 0 Å². The number of rotatable bonds is 4. The van der Waals surface area contributed by atoms with Gasteiger partial charge in [-0.2, -0.15) is 0 Å². The maximum atomic E-state index is 12.3. The van der Waals surface area contributed by atoms with Crippen molar-refractivity contribution in [3.05, 3.63) is 71.7 Å². The van der Waals surface area contributed by atoms with Crippen molar-refractivity contribution in [2.75, 3.05) is 5.32 Å². The van der Waals surface area contributed by atoms with Gasteiger partial charge in [0, 0.05) is 11.6 Å². The van der Waals surface area contributed by atoms with Crippen LogP contribution in [0.1, 0.15) is 10.4 Å². The number of thiazole rings is 1. The molecule has 104 valence electrons. The molecule has 21 heavy (non-hydrogen) atoms. The van der Waals surface area contributed by atoms with Gasteiger partial charge < -0.3 is 4.74 Å². The number of benzene rings is 2. The van der Waals surface area contributed by atoms with E-state index in [1.807, 2.05) is 41.8 Å². The maximum absolute atomic E-state index is 12.3. The topological polar surface area (TPSA) is 51.2 Å². The summed E-state index contributed by atoms with van der Waals surface area (Å²) in [5, 5.41) is 5.12. The number of amides is 1. The van der Waals surface area contributed by atoms with Crippen LogP contribution in [0, 0.1) is 0 Å². The van der Waals surface area contributed by atoms with Crippen LogP contribution < -0.4 is 10.1 Å². The first-order valence-corrected chi connectivity index (χ1v) is 7.24. The highest BCUT2D eigenvalue weighted by atomic mass is 32.1. The van der Waals surface area contributed by atoms with Crippen LogP contribution in [0.5, 0.6) is 11.5 Å². The van der Waals surface area contributed by atoms with E-state index in [0.29, 0.717) is 22.2 Å². The van der Waals surface area contributed by atoms with Gasteiger partial charge in [-0.3, -0.25) is 10.1 Å². The van der Waals surface area contributed by atoms with E-state index in [0.717, 1.165) is 0 Å². The second-order valence-electron chi connectivity index (χ2n) is 4.20. The molecule has 0 unspecified atom stereocenters. The summed E-state index contributed by atoms with van der Waals surface area (Å²) in [6, 6.07) is 16.5. The minimum atomic E-state index is -0.239. The molecule has 1 heterocycles. The summed E-state index contributed by atoms with van der Waals surface area (Å²) in [6.45, 7) is 0. The standard InChI is InChI=1S/C16H12N2O2S/c19-15(18-16-17-10-11-21-16)13-8-4-5-9-14(13)20-12-6-2-1-3-7-12/h1-11H,(H,17,18,19). The number of anilines is 1. The summed E-state index contributed by atoms with van der Waals surface area (Å²) in [6.07, 6.45) is 1.65. The highest BCUT2D eigenvalue weighted by molar-refractivity contribution is 7.13. The molecule has 0 aliphatic carbocycles. The van der Waals surface area contributed by atoms with Crippen molar-refractivity contribution in [3.8, 4) is 11.5 Å². The summed E-state index contributed by atoms with van der Waals surface area (Å²) in [5.74, 6) is 0.959. The van der Waals surface area contributed by atoms with E-state index in [1.54, 1.807) is 24.4 Å². The quantitative estimate of drug-likeness (QED) is 0.785. The maximum Gasteiger partial charge on any atom is 0.261 e. The fourth-order valence-electron chi connectivity index (χ4n) is 1.81. The minimum absolute atomic E-state index is 0.239. The molecular weight excluding hydrogens is 284 g/mol. The molecule has 0 saturated heterocycles. The highest BCUT2D eigenvalue weighted by Gasteiger charge is 2.13. The molecule has 0 bridgehead atoms. The van der Waals surface area contributed by atoms with E-state index >= 15 is 0 Å². The Kier molecular flexibility index (Phi) is 3.93. The van der Waals surface area contributed by atoms with E-state index in [2.05, 4.69) is 10.3 Å². The Balaban J connectivity index is 1.84. The Morgan fingerprint density at radius 3 is 2.57 bits per heavy atom. The lowest BCUT2D eigenvalue weighted by molar-refractivity contribution is 0.102. The summed E-state index contributed by atoms with van der Waals surface area (Å²) in [4.78, 5) is 16.3. The Hall–Kier alpha value is -2.66. The molecule has 0 aliphatic heterocycles. The fourth-order valence-corrected chi connectivity index (χ4v) is 2.33. The molecular formula is C16H12N2O2S. The van der Waals surface area contributed by atoms with Crippen LogP contribution in [0.4, 0.5) is 5.13 Å². The van der Waals surface area contributed by atoms with Crippen LogP contribution >= 0.6 is 11.3 Å². The lowest BCUT2D eigenvalue weighted by atomic mass is 10.2. The van der Waals surface area contributed by atoms with Crippen molar-refractivity contribution in [1.29, 1.82) is 0 Å². The summed E-state index contributed by atoms with van der Waals surface area (Å²) in [7, 11) is 0. The van der Waals surface area contributed by atoms with E-state index in [4.69, 9.17) is 4.74 Å². The zero-order valence-electron chi connectivity index (χ0n) is 11.0. The van der Waals surface area contributed by atoms with Gasteiger partial charge in [-0.1, -0.05) is 30.3 Å². The molecule has 0 aliphatic rings. The molecule has 3 aromatic rings. The van der Waals surface area contributed by atoms with Crippen molar-refractivity contribution >= 4 is 22.4 Å². The van der Waals surface area contributed by atoms with Crippen LogP contribution in [0.15, 0.2) is 66.2 Å². The van der Waals surface area contributed by atoms with Crippen LogP contribution in [-0.4, -0.2) is 10.9 Å². The third kappa shape index (κ3) is 3.27. The first kappa shape index (κ1) is 13.3. The third-order valence-corrected chi connectivity index (χ3v) is 3.44. The number of hydrogen-bond acceptors (Lipinski definition) is 4. The molecule has 3 rings (SSSR count). The molecule has 1 N–H and O–H groups in total. The molecule has 0 fully saturated rings. The van der Waals surface area contributed by atoms with Gasteiger partial charge in [0.1, 0.15) is 11.5 Å². The molecule has 0 spiro atoms. The summed E-state index contributed by atoms with van der Waals surface area (Å²) in [5.41, 5.74) is 0.469. The Bertz CT molecular complexity index is 727. The molecule has 0 atom stereocenters. The first-order valence-electron chi connectivity index (χ1n) is 6.36. The van der Waals surface area contributed by atoms with Crippen molar-refractivity contribution in [2.24, 2.45) is 0 Å². The molecule has 1 amide bonds. The minimum Gasteiger partial charge on any atom is -0.457 e. The monoisotopic (exact) mass is 296 g/mol. The van der Waals surface area contributed by atoms with Crippen molar-refractivity contribution in [3.63, 3.8) is 0 Å². The number of ether oxygens (including phenoxy) is 1. The van der Waals surface area contributed by atoms with Gasteiger partial charge in [0.05, 0.1) is 5.56 Å². The predicted molar refractivity (Wildman–Crippen MR) is 83.0 cm³/mol. The van der Waals surface area contributed by atoms with Crippen molar-refractivity contribution < 1.29 is 9.53 Å². The smallest absolute Gasteiger partial charge is 0.261 e. The Morgan fingerprint density at radius 2 is 1.81 bits per heavy atom. The van der Waals surface area contributed by atoms with Gasteiger partial charge in [-0.05, 0) is 24.3 Å². The summed E-state index contributed by atoms with van der Waals surface area (Å²) >= 11 is 1.37. The normalized spacial score (nSPS) is 10.1. The average molecular weight is 296 g/mol. The van der Waals surface area contributed by atoms with Gasteiger partial charge in [-0.15, -0.1) is 11.3 Å². The number of hydrogen-bond donors (Lipinski definition) is 1. The van der Waals surface area contributed by atoms with Gasteiger partial charge in [0.2, 0.25) is 0 Å². The predicted octanol–water partition coefficient (Wildman–Crippen LogP) is 4.19. The molecule has 0 saturated carbocycles. The van der Waals surface area contributed by atoms with Crippen LogP contribution in [0.25, 0.3) is 0 Å². The number of carbonyl (C=O) groups excluding carboxylic acids is 1. The SMILES string of the molecule is O=C(Nc1nccs1)c1ccccc1Oc1ccccc1. The average Bonchev–Trinajstić information content (AvgIpc) is 3.02. The molecule has 5 heteroatoms. The van der Waals surface area contributed by atoms with Crippen molar-refractivity contribution in [1.82, 2.24) is 4.98 Å². The van der Waals surface area contributed by atoms with Gasteiger partial charge in [-0.25, -0.2) is 4.98 Å². The van der Waals surface area contributed by atoms with Crippen LogP contribution in [0.3, 0.4) is 0 Å². The zero-order chi connectivity index (χ0) is 14.5. The van der Waals surface area contributed by atoms with Gasteiger partial charge in [0.25, 0.3) is 5.91 Å². The Morgan fingerprint density at radius 1 is 1.05 bits per heavy atom. The Labute approximate surface area is 126 Å². The van der Waals surface area contributed by atoms with E-state index in [9.17, 15) is 4.79 Å². The molecule has 2 aromatic carbocycles. The lowest BCUT2D eigenvalue weighted by Gasteiger charge is -2.10.